The molecule has 0 saturated heterocycles. The Labute approximate surface area is 103 Å². The van der Waals surface area contributed by atoms with Gasteiger partial charge in [-0.3, -0.25) is 0 Å². The standard InChI is InChI=1S/C15H21NO/c16-8-9-17-15(12-5-6-12)14-7-4-11-2-1-3-13(11)10-14/h4,7,10,12,15H,1-3,5-6,8-9,16H2. The largest absolute Gasteiger partial charge is 0.372 e. The van der Waals surface area contributed by atoms with E-state index in [0.717, 1.165) is 5.92 Å². The molecule has 0 aromatic heterocycles. The Morgan fingerprint density at radius 2 is 2.06 bits per heavy atom. The Hall–Kier alpha value is -0.860. The fraction of sp³-hybridized carbons (Fsp3) is 0.600. The summed E-state index contributed by atoms with van der Waals surface area (Å²) >= 11 is 0. The number of ether oxygens (including phenoxy) is 1. The molecule has 92 valence electrons. The average molecular weight is 231 g/mol. The highest BCUT2D eigenvalue weighted by molar-refractivity contribution is 5.36. The summed E-state index contributed by atoms with van der Waals surface area (Å²) in [5.74, 6) is 0.737. The summed E-state index contributed by atoms with van der Waals surface area (Å²) in [4.78, 5) is 0. The van der Waals surface area contributed by atoms with Gasteiger partial charge in [-0.25, -0.2) is 0 Å². The van der Waals surface area contributed by atoms with Crippen LogP contribution in [0, 0.1) is 5.92 Å². The Kier molecular flexibility index (Phi) is 3.17. The summed E-state index contributed by atoms with van der Waals surface area (Å²) < 4.78 is 5.94. The molecule has 1 saturated carbocycles. The Morgan fingerprint density at radius 1 is 1.24 bits per heavy atom. The minimum absolute atomic E-state index is 0.296. The number of aryl methyl sites for hydroxylation is 2. The SMILES string of the molecule is NCCOC(c1ccc2c(c1)CCC2)C1CC1. The first-order valence-electron chi connectivity index (χ1n) is 6.82. The Balaban J connectivity index is 1.80. The van der Waals surface area contributed by atoms with Gasteiger partial charge in [0, 0.05) is 6.54 Å². The van der Waals surface area contributed by atoms with Gasteiger partial charge in [0.15, 0.2) is 0 Å². The molecule has 1 fully saturated rings. The van der Waals surface area contributed by atoms with Crippen LogP contribution in [-0.2, 0) is 17.6 Å². The molecule has 0 radical (unpaired) electrons. The van der Waals surface area contributed by atoms with Gasteiger partial charge in [0.1, 0.15) is 0 Å². The van der Waals surface area contributed by atoms with Crippen molar-refractivity contribution in [2.75, 3.05) is 13.2 Å². The number of hydrogen-bond acceptors (Lipinski definition) is 2. The van der Waals surface area contributed by atoms with Gasteiger partial charge in [0.2, 0.25) is 0 Å². The van der Waals surface area contributed by atoms with Crippen LogP contribution < -0.4 is 5.73 Å². The van der Waals surface area contributed by atoms with E-state index in [0.29, 0.717) is 19.3 Å². The summed E-state index contributed by atoms with van der Waals surface area (Å²) in [5, 5.41) is 0. The first-order valence-corrected chi connectivity index (χ1v) is 6.82. The first kappa shape index (κ1) is 11.2. The maximum absolute atomic E-state index is 5.94. The van der Waals surface area contributed by atoms with Crippen molar-refractivity contribution in [1.82, 2.24) is 0 Å². The highest BCUT2D eigenvalue weighted by atomic mass is 16.5. The maximum atomic E-state index is 5.94. The smallest absolute Gasteiger partial charge is 0.0853 e. The molecule has 1 aromatic rings. The molecule has 0 spiro atoms. The van der Waals surface area contributed by atoms with E-state index in [4.69, 9.17) is 10.5 Å². The second-order valence-corrected chi connectivity index (χ2v) is 5.30. The number of nitrogens with two attached hydrogens (primary N) is 1. The summed E-state index contributed by atoms with van der Waals surface area (Å²) in [7, 11) is 0. The predicted octanol–water partition coefficient (Wildman–Crippen LogP) is 2.60. The second kappa shape index (κ2) is 4.79. The van der Waals surface area contributed by atoms with Crippen LogP contribution >= 0.6 is 0 Å². The van der Waals surface area contributed by atoms with Gasteiger partial charge < -0.3 is 10.5 Å². The average Bonchev–Trinajstić information content (AvgIpc) is 3.07. The van der Waals surface area contributed by atoms with Crippen molar-refractivity contribution >= 4 is 0 Å². The van der Waals surface area contributed by atoms with Gasteiger partial charge in [0.25, 0.3) is 0 Å². The molecular formula is C15H21NO. The summed E-state index contributed by atoms with van der Waals surface area (Å²) in [6.07, 6.45) is 6.74. The van der Waals surface area contributed by atoms with Gasteiger partial charge in [0.05, 0.1) is 12.7 Å². The van der Waals surface area contributed by atoms with Crippen LogP contribution in [0.25, 0.3) is 0 Å². The van der Waals surface area contributed by atoms with Crippen molar-refractivity contribution in [3.8, 4) is 0 Å². The van der Waals surface area contributed by atoms with Crippen LogP contribution in [0.5, 0.6) is 0 Å². The van der Waals surface area contributed by atoms with E-state index in [1.54, 1.807) is 11.1 Å². The molecule has 1 unspecified atom stereocenters. The molecule has 2 nitrogen and oxygen atoms in total. The third-order valence-corrected chi connectivity index (χ3v) is 3.92. The Bertz CT molecular complexity index is 398. The lowest BCUT2D eigenvalue weighted by molar-refractivity contribution is 0.0424. The van der Waals surface area contributed by atoms with Crippen molar-refractivity contribution in [3.05, 3.63) is 34.9 Å². The van der Waals surface area contributed by atoms with Crippen molar-refractivity contribution < 1.29 is 4.74 Å². The molecule has 2 N–H and O–H groups in total. The molecule has 2 aliphatic carbocycles. The molecule has 2 aliphatic rings. The number of fused-ring (bicyclic) bond motifs is 1. The van der Waals surface area contributed by atoms with E-state index in [-0.39, 0.29) is 0 Å². The number of rotatable bonds is 5. The monoisotopic (exact) mass is 231 g/mol. The van der Waals surface area contributed by atoms with Crippen LogP contribution in [0.4, 0.5) is 0 Å². The molecule has 1 aromatic carbocycles. The second-order valence-electron chi connectivity index (χ2n) is 5.30. The first-order chi connectivity index (χ1) is 8.38. The fourth-order valence-electron chi connectivity index (χ4n) is 2.87. The molecule has 1 atom stereocenters. The van der Waals surface area contributed by atoms with Crippen LogP contribution in [-0.4, -0.2) is 13.2 Å². The van der Waals surface area contributed by atoms with Crippen molar-refractivity contribution in [2.45, 2.75) is 38.2 Å². The fourth-order valence-corrected chi connectivity index (χ4v) is 2.87. The zero-order valence-corrected chi connectivity index (χ0v) is 10.3. The van der Waals surface area contributed by atoms with E-state index in [2.05, 4.69) is 18.2 Å². The molecule has 0 aliphatic heterocycles. The van der Waals surface area contributed by atoms with E-state index < -0.39 is 0 Å². The van der Waals surface area contributed by atoms with E-state index >= 15 is 0 Å². The number of hydrogen-bond donors (Lipinski definition) is 1. The quantitative estimate of drug-likeness (QED) is 0.845. The van der Waals surface area contributed by atoms with Crippen LogP contribution in [0.3, 0.4) is 0 Å². The van der Waals surface area contributed by atoms with Crippen LogP contribution in [0.2, 0.25) is 0 Å². The molecule has 0 amide bonds. The van der Waals surface area contributed by atoms with Crippen molar-refractivity contribution in [3.63, 3.8) is 0 Å². The molecular weight excluding hydrogens is 210 g/mol. The molecule has 0 bridgehead atoms. The van der Waals surface area contributed by atoms with Gasteiger partial charge >= 0.3 is 0 Å². The van der Waals surface area contributed by atoms with Gasteiger partial charge in [-0.1, -0.05) is 18.2 Å². The number of benzene rings is 1. The summed E-state index contributed by atoms with van der Waals surface area (Å²) in [5.41, 5.74) is 10.0. The summed E-state index contributed by atoms with van der Waals surface area (Å²) in [6.45, 7) is 1.30. The third kappa shape index (κ3) is 2.38. The van der Waals surface area contributed by atoms with Crippen LogP contribution in [0.1, 0.15) is 42.1 Å². The minimum Gasteiger partial charge on any atom is -0.372 e. The van der Waals surface area contributed by atoms with Crippen LogP contribution in [0.15, 0.2) is 18.2 Å². The van der Waals surface area contributed by atoms with Gasteiger partial charge in [-0.15, -0.1) is 0 Å². The third-order valence-electron chi connectivity index (χ3n) is 3.92. The van der Waals surface area contributed by atoms with Crippen molar-refractivity contribution in [1.29, 1.82) is 0 Å². The van der Waals surface area contributed by atoms with E-state index in [1.165, 1.54) is 37.7 Å². The molecule has 2 heteroatoms. The molecule has 3 rings (SSSR count). The highest BCUT2D eigenvalue weighted by Crippen LogP contribution is 2.43. The normalized spacial score (nSPS) is 20.3. The topological polar surface area (TPSA) is 35.2 Å². The lowest BCUT2D eigenvalue weighted by Gasteiger charge is -2.18. The van der Waals surface area contributed by atoms with Gasteiger partial charge in [-0.2, -0.15) is 0 Å². The lowest BCUT2D eigenvalue weighted by atomic mass is 10.00. The molecule has 0 heterocycles. The minimum atomic E-state index is 0.296. The zero-order valence-electron chi connectivity index (χ0n) is 10.3. The maximum Gasteiger partial charge on any atom is 0.0853 e. The zero-order chi connectivity index (χ0) is 11.7. The predicted molar refractivity (Wildman–Crippen MR) is 68.9 cm³/mol. The van der Waals surface area contributed by atoms with E-state index in [9.17, 15) is 0 Å². The highest BCUT2D eigenvalue weighted by Gasteiger charge is 2.33. The van der Waals surface area contributed by atoms with E-state index in [1.807, 2.05) is 0 Å². The lowest BCUT2D eigenvalue weighted by Crippen LogP contribution is -2.14. The van der Waals surface area contributed by atoms with Gasteiger partial charge in [-0.05, 0) is 54.7 Å². The molecule has 17 heavy (non-hydrogen) atoms. The Morgan fingerprint density at radius 3 is 2.82 bits per heavy atom. The van der Waals surface area contributed by atoms with Crippen molar-refractivity contribution in [2.24, 2.45) is 11.7 Å². The summed E-state index contributed by atoms with van der Waals surface area (Å²) in [6, 6.07) is 6.95.